The summed E-state index contributed by atoms with van der Waals surface area (Å²) in [5.41, 5.74) is 9.12. The molecule has 0 aliphatic carbocycles. The lowest BCUT2D eigenvalue weighted by Crippen LogP contribution is -2.48. The van der Waals surface area contributed by atoms with Gasteiger partial charge in [0.15, 0.2) is 0 Å². The minimum Gasteiger partial charge on any atom is -0.362 e. The number of para-hydroxylation sites is 3. The number of carbonyl (C=O) groups is 2. The van der Waals surface area contributed by atoms with Crippen molar-refractivity contribution in [2.75, 3.05) is 18.0 Å². The Hall–Kier alpha value is -3.35. The number of anilines is 1. The van der Waals surface area contributed by atoms with Gasteiger partial charge >= 0.3 is 0 Å². The summed E-state index contributed by atoms with van der Waals surface area (Å²) in [5.74, 6) is -0.539. The van der Waals surface area contributed by atoms with E-state index in [1.54, 1.807) is 17.8 Å². The molecule has 28 heavy (non-hydrogen) atoms. The molecular formula is C21H23N5O2. The van der Waals surface area contributed by atoms with Gasteiger partial charge in [-0.3, -0.25) is 20.4 Å². The molecule has 2 N–H and O–H groups in total. The second-order valence-electron chi connectivity index (χ2n) is 7.01. The van der Waals surface area contributed by atoms with Gasteiger partial charge in [-0.1, -0.05) is 30.3 Å². The second-order valence-corrected chi connectivity index (χ2v) is 7.01. The summed E-state index contributed by atoms with van der Waals surface area (Å²) < 4.78 is 1.79. The summed E-state index contributed by atoms with van der Waals surface area (Å²) in [4.78, 5) is 31.2. The van der Waals surface area contributed by atoms with Gasteiger partial charge in [-0.25, -0.2) is 4.98 Å². The maximum atomic E-state index is 12.5. The first-order valence-electron chi connectivity index (χ1n) is 9.46. The number of benzene rings is 2. The van der Waals surface area contributed by atoms with Crippen molar-refractivity contribution < 1.29 is 9.59 Å². The first-order valence-corrected chi connectivity index (χ1v) is 9.46. The van der Waals surface area contributed by atoms with Crippen molar-refractivity contribution in [3.8, 4) is 0 Å². The van der Waals surface area contributed by atoms with E-state index < -0.39 is 6.04 Å². The molecule has 2 aromatic carbocycles. The molecule has 1 aliphatic rings. The molecular weight excluding hydrogens is 354 g/mol. The van der Waals surface area contributed by atoms with Crippen LogP contribution in [-0.2, 0) is 16.0 Å². The van der Waals surface area contributed by atoms with Crippen LogP contribution in [0.15, 0.2) is 54.9 Å². The van der Waals surface area contributed by atoms with Crippen LogP contribution < -0.4 is 15.8 Å². The van der Waals surface area contributed by atoms with E-state index in [0.29, 0.717) is 0 Å². The van der Waals surface area contributed by atoms with Crippen LogP contribution in [0.1, 0.15) is 24.9 Å². The van der Waals surface area contributed by atoms with E-state index in [4.69, 9.17) is 0 Å². The van der Waals surface area contributed by atoms with Crippen molar-refractivity contribution in [1.82, 2.24) is 20.4 Å². The number of nitrogens with zero attached hydrogens (tertiary/aromatic N) is 3. The van der Waals surface area contributed by atoms with Crippen molar-refractivity contribution >= 4 is 28.5 Å². The van der Waals surface area contributed by atoms with Crippen LogP contribution >= 0.6 is 0 Å². The summed E-state index contributed by atoms with van der Waals surface area (Å²) in [5, 5.41) is 0. The van der Waals surface area contributed by atoms with Crippen molar-refractivity contribution in [2.24, 2.45) is 0 Å². The van der Waals surface area contributed by atoms with E-state index in [1.807, 2.05) is 47.4 Å². The van der Waals surface area contributed by atoms with Gasteiger partial charge in [0, 0.05) is 12.2 Å². The average molecular weight is 377 g/mol. The molecule has 7 heteroatoms. The third-order valence-corrected chi connectivity index (χ3v) is 5.14. The Morgan fingerprint density at radius 2 is 1.89 bits per heavy atom. The van der Waals surface area contributed by atoms with Gasteiger partial charge in [0.25, 0.3) is 11.8 Å². The van der Waals surface area contributed by atoms with Gasteiger partial charge in [-0.15, -0.1) is 0 Å². The highest BCUT2D eigenvalue weighted by molar-refractivity contribution is 5.87. The molecule has 3 aromatic rings. The quantitative estimate of drug-likeness (QED) is 0.683. The summed E-state index contributed by atoms with van der Waals surface area (Å²) >= 11 is 0. The monoisotopic (exact) mass is 377 g/mol. The maximum absolute atomic E-state index is 12.5. The number of carbonyl (C=O) groups excluding carboxylic acids is 2. The van der Waals surface area contributed by atoms with Crippen molar-refractivity contribution in [3.05, 3.63) is 60.4 Å². The fraction of sp³-hybridized carbons (Fsp3) is 0.286. The van der Waals surface area contributed by atoms with E-state index in [-0.39, 0.29) is 18.4 Å². The Morgan fingerprint density at radius 3 is 2.79 bits per heavy atom. The highest BCUT2D eigenvalue weighted by Crippen LogP contribution is 2.26. The zero-order chi connectivity index (χ0) is 19.5. The van der Waals surface area contributed by atoms with Crippen molar-refractivity contribution in [2.45, 2.75) is 25.8 Å². The molecule has 0 bridgehead atoms. The van der Waals surface area contributed by atoms with Gasteiger partial charge in [-0.05, 0) is 43.5 Å². The average Bonchev–Trinajstić information content (AvgIpc) is 3.16. The van der Waals surface area contributed by atoms with E-state index in [2.05, 4.69) is 21.9 Å². The molecule has 144 valence electrons. The van der Waals surface area contributed by atoms with Crippen LogP contribution in [0.5, 0.6) is 0 Å². The number of nitrogens with one attached hydrogen (secondary N) is 2. The van der Waals surface area contributed by atoms with Crippen LogP contribution in [0.25, 0.3) is 11.0 Å². The Morgan fingerprint density at radius 1 is 1.11 bits per heavy atom. The maximum Gasteiger partial charge on any atom is 0.261 e. The van der Waals surface area contributed by atoms with Crippen LogP contribution in [0.2, 0.25) is 0 Å². The third kappa shape index (κ3) is 3.55. The summed E-state index contributed by atoms with van der Waals surface area (Å²) in [7, 11) is 0. The third-order valence-electron chi connectivity index (χ3n) is 5.14. The standard InChI is InChI=1S/C21H23N5O2/c1-15(26-14-22-17-9-3-5-11-19(17)26)21(28)24-23-20(27)13-25-12-6-8-16-7-2-4-10-18(16)25/h2-5,7,9-11,14-15H,6,8,12-13H2,1H3,(H,23,27)(H,24,28). The molecule has 0 saturated heterocycles. The first kappa shape index (κ1) is 18.0. The summed E-state index contributed by atoms with van der Waals surface area (Å²) in [6.07, 6.45) is 3.68. The van der Waals surface area contributed by atoms with Gasteiger partial charge in [0.2, 0.25) is 0 Å². The number of rotatable bonds is 4. The number of imidazole rings is 1. The molecule has 4 rings (SSSR count). The van der Waals surface area contributed by atoms with E-state index in [1.165, 1.54) is 5.56 Å². The van der Waals surface area contributed by atoms with Gasteiger partial charge in [-0.2, -0.15) is 0 Å². The predicted molar refractivity (Wildman–Crippen MR) is 108 cm³/mol. The summed E-state index contributed by atoms with van der Waals surface area (Å²) in [6, 6.07) is 15.3. The van der Waals surface area contributed by atoms with Crippen LogP contribution in [-0.4, -0.2) is 34.5 Å². The summed E-state index contributed by atoms with van der Waals surface area (Å²) in [6.45, 7) is 2.81. The van der Waals surface area contributed by atoms with Gasteiger partial charge < -0.3 is 9.47 Å². The number of hydrogen-bond acceptors (Lipinski definition) is 4. The lowest BCUT2D eigenvalue weighted by atomic mass is 10.0. The van der Waals surface area contributed by atoms with Gasteiger partial charge in [0.05, 0.1) is 23.9 Å². The number of aromatic nitrogens is 2. The van der Waals surface area contributed by atoms with Crippen molar-refractivity contribution in [1.29, 1.82) is 0 Å². The minimum absolute atomic E-state index is 0.208. The zero-order valence-electron chi connectivity index (χ0n) is 15.8. The Balaban J connectivity index is 1.35. The van der Waals surface area contributed by atoms with E-state index in [0.717, 1.165) is 36.1 Å². The number of hydrazine groups is 1. The first-order chi connectivity index (χ1) is 13.6. The van der Waals surface area contributed by atoms with Crippen LogP contribution in [0.4, 0.5) is 5.69 Å². The number of amides is 2. The van der Waals surface area contributed by atoms with Crippen LogP contribution in [0, 0.1) is 0 Å². The zero-order valence-corrected chi connectivity index (χ0v) is 15.8. The molecule has 0 radical (unpaired) electrons. The van der Waals surface area contributed by atoms with Crippen LogP contribution in [0.3, 0.4) is 0 Å². The minimum atomic E-state index is -0.497. The lowest BCUT2D eigenvalue weighted by Gasteiger charge is -2.30. The molecule has 7 nitrogen and oxygen atoms in total. The fourth-order valence-electron chi connectivity index (χ4n) is 3.64. The molecule has 0 spiro atoms. The second kappa shape index (κ2) is 7.72. The topological polar surface area (TPSA) is 79.3 Å². The molecule has 2 amide bonds. The SMILES string of the molecule is CC(C(=O)NNC(=O)CN1CCCc2ccccc21)n1cnc2ccccc21. The number of fused-ring (bicyclic) bond motifs is 2. The Labute approximate surface area is 163 Å². The smallest absolute Gasteiger partial charge is 0.261 e. The molecule has 0 saturated carbocycles. The largest absolute Gasteiger partial charge is 0.362 e. The van der Waals surface area contributed by atoms with E-state index >= 15 is 0 Å². The van der Waals surface area contributed by atoms with Gasteiger partial charge in [0.1, 0.15) is 6.04 Å². The number of hydrogen-bond donors (Lipinski definition) is 2. The molecule has 1 atom stereocenters. The molecule has 0 fully saturated rings. The Kier molecular flexibility index (Phi) is 4.97. The van der Waals surface area contributed by atoms with Crippen molar-refractivity contribution in [3.63, 3.8) is 0 Å². The fourth-order valence-corrected chi connectivity index (χ4v) is 3.64. The van der Waals surface area contributed by atoms with E-state index in [9.17, 15) is 9.59 Å². The number of aryl methyl sites for hydroxylation is 1. The molecule has 1 aliphatic heterocycles. The molecule has 1 unspecified atom stereocenters. The highest BCUT2D eigenvalue weighted by Gasteiger charge is 2.20. The molecule has 2 heterocycles. The normalized spacial score (nSPS) is 14.4. The molecule has 1 aromatic heterocycles. The predicted octanol–water partition coefficient (Wildman–Crippen LogP) is 2.20. The Bertz CT molecular complexity index is 1010. The lowest BCUT2D eigenvalue weighted by molar-refractivity contribution is -0.129. The highest BCUT2D eigenvalue weighted by atomic mass is 16.2.